The molecule has 2 aromatic rings. The number of rotatable bonds is 2. The van der Waals surface area contributed by atoms with Crippen LogP contribution in [0.1, 0.15) is 11.1 Å². The third-order valence-corrected chi connectivity index (χ3v) is 3.56. The number of halogens is 1. The molecule has 2 aromatic carbocycles. The molecule has 1 aliphatic rings. The highest BCUT2D eigenvalue weighted by atomic mass is 19.1. The van der Waals surface area contributed by atoms with Crippen LogP contribution in [0.3, 0.4) is 0 Å². The van der Waals surface area contributed by atoms with Crippen LogP contribution < -0.4 is 10.6 Å². The van der Waals surface area contributed by atoms with Gasteiger partial charge in [-0.15, -0.1) is 0 Å². The van der Waals surface area contributed by atoms with Crippen molar-refractivity contribution in [3.8, 4) is 0 Å². The van der Waals surface area contributed by atoms with E-state index in [1.165, 1.54) is 6.07 Å². The van der Waals surface area contributed by atoms with Crippen molar-refractivity contribution in [2.24, 2.45) is 0 Å². The first-order valence-corrected chi connectivity index (χ1v) is 6.55. The summed E-state index contributed by atoms with van der Waals surface area (Å²) in [5.41, 5.74) is 3.06. The summed E-state index contributed by atoms with van der Waals surface area (Å²) < 4.78 is 13.7. The van der Waals surface area contributed by atoms with Crippen molar-refractivity contribution in [2.75, 3.05) is 10.6 Å². The van der Waals surface area contributed by atoms with Crippen molar-refractivity contribution < 1.29 is 9.18 Å². The summed E-state index contributed by atoms with van der Waals surface area (Å²) in [4.78, 5) is 12.2. The van der Waals surface area contributed by atoms with E-state index in [0.29, 0.717) is 12.0 Å². The van der Waals surface area contributed by atoms with Gasteiger partial charge >= 0.3 is 0 Å². The third-order valence-electron chi connectivity index (χ3n) is 3.56. The third kappa shape index (κ3) is 2.25. The molecule has 0 radical (unpaired) electrons. The Hall–Kier alpha value is -2.36. The lowest BCUT2D eigenvalue weighted by Crippen LogP contribution is -2.33. The minimum absolute atomic E-state index is 0.214. The Balaban J connectivity index is 1.76. The van der Waals surface area contributed by atoms with E-state index in [0.717, 1.165) is 11.3 Å². The number of anilines is 2. The standard InChI is InChI=1S/C16H15FN2O/c1-10-5-4-7-12(17)15(10)19-16(20)14-9-11-6-2-3-8-13(11)18-14/h2-8,14,18H,9H2,1H3,(H,19,20)/t14-/m0/s1. The van der Waals surface area contributed by atoms with E-state index in [2.05, 4.69) is 10.6 Å². The second-order valence-electron chi connectivity index (χ2n) is 4.98. The van der Waals surface area contributed by atoms with E-state index in [9.17, 15) is 9.18 Å². The van der Waals surface area contributed by atoms with Crippen LogP contribution in [0.4, 0.5) is 15.8 Å². The van der Waals surface area contributed by atoms with Crippen LogP contribution in [0, 0.1) is 12.7 Å². The molecule has 3 rings (SSSR count). The summed E-state index contributed by atoms with van der Waals surface area (Å²) in [5, 5.41) is 5.84. The van der Waals surface area contributed by atoms with E-state index in [1.54, 1.807) is 19.1 Å². The van der Waals surface area contributed by atoms with Crippen molar-refractivity contribution in [2.45, 2.75) is 19.4 Å². The Kier molecular flexibility index (Phi) is 3.14. The molecule has 1 amide bonds. The summed E-state index contributed by atoms with van der Waals surface area (Å²) in [7, 11) is 0. The predicted octanol–water partition coefficient (Wildman–Crippen LogP) is 3.11. The average Bonchev–Trinajstić information content (AvgIpc) is 2.87. The van der Waals surface area contributed by atoms with Crippen molar-refractivity contribution in [3.63, 3.8) is 0 Å². The molecule has 0 aliphatic carbocycles. The molecule has 0 saturated carbocycles. The Morgan fingerprint density at radius 2 is 2.05 bits per heavy atom. The number of benzene rings is 2. The molecule has 0 bridgehead atoms. The Morgan fingerprint density at radius 3 is 2.80 bits per heavy atom. The average molecular weight is 270 g/mol. The highest BCUT2D eigenvalue weighted by Gasteiger charge is 2.27. The largest absolute Gasteiger partial charge is 0.373 e. The van der Waals surface area contributed by atoms with Crippen molar-refractivity contribution >= 4 is 17.3 Å². The molecule has 0 unspecified atom stereocenters. The molecule has 102 valence electrons. The van der Waals surface area contributed by atoms with E-state index in [4.69, 9.17) is 0 Å². The molecule has 2 N–H and O–H groups in total. The summed E-state index contributed by atoms with van der Waals surface area (Å²) >= 11 is 0. The number of para-hydroxylation sites is 2. The Labute approximate surface area is 116 Å². The SMILES string of the molecule is Cc1cccc(F)c1NC(=O)[C@@H]1Cc2ccccc2N1. The minimum Gasteiger partial charge on any atom is -0.373 e. The fourth-order valence-electron chi connectivity index (χ4n) is 2.46. The maximum absolute atomic E-state index is 13.7. The van der Waals surface area contributed by atoms with Gasteiger partial charge in [0.1, 0.15) is 11.9 Å². The molecule has 0 aromatic heterocycles. The number of aryl methyl sites for hydroxylation is 1. The van der Waals surface area contributed by atoms with Crippen LogP contribution >= 0.6 is 0 Å². The highest BCUT2D eigenvalue weighted by Crippen LogP contribution is 2.26. The summed E-state index contributed by atoms with van der Waals surface area (Å²) in [6.45, 7) is 1.77. The van der Waals surface area contributed by atoms with E-state index < -0.39 is 5.82 Å². The molecule has 1 atom stereocenters. The molecule has 4 heteroatoms. The maximum Gasteiger partial charge on any atom is 0.247 e. The summed E-state index contributed by atoms with van der Waals surface area (Å²) in [6, 6.07) is 12.2. The van der Waals surface area contributed by atoms with Gasteiger partial charge in [0.25, 0.3) is 0 Å². The molecule has 1 heterocycles. The van der Waals surface area contributed by atoms with Crippen molar-refractivity contribution in [1.29, 1.82) is 0 Å². The van der Waals surface area contributed by atoms with E-state index in [1.807, 2.05) is 24.3 Å². The van der Waals surface area contributed by atoms with E-state index in [-0.39, 0.29) is 17.6 Å². The molecule has 1 aliphatic heterocycles. The van der Waals surface area contributed by atoms with Crippen molar-refractivity contribution in [1.82, 2.24) is 0 Å². The molecule has 0 spiro atoms. The molecule has 0 fully saturated rings. The van der Waals surface area contributed by atoms with Crippen molar-refractivity contribution in [3.05, 3.63) is 59.4 Å². The zero-order valence-electron chi connectivity index (χ0n) is 11.1. The normalized spacial score (nSPS) is 16.4. The number of carbonyl (C=O) groups is 1. The van der Waals surface area contributed by atoms with Gasteiger partial charge in [-0.2, -0.15) is 0 Å². The zero-order chi connectivity index (χ0) is 14.1. The first kappa shape index (κ1) is 12.7. The van der Waals surface area contributed by atoms with Gasteiger partial charge < -0.3 is 10.6 Å². The number of hydrogen-bond donors (Lipinski definition) is 2. The monoisotopic (exact) mass is 270 g/mol. The van der Waals surface area contributed by atoms with Gasteiger partial charge in [0.2, 0.25) is 5.91 Å². The van der Waals surface area contributed by atoms with Gasteiger partial charge in [0.05, 0.1) is 5.69 Å². The molecule has 0 saturated heterocycles. The van der Waals surface area contributed by atoms with Crippen LogP contribution in [0.2, 0.25) is 0 Å². The lowest BCUT2D eigenvalue weighted by atomic mass is 10.1. The highest BCUT2D eigenvalue weighted by molar-refractivity contribution is 5.98. The topological polar surface area (TPSA) is 41.1 Å². The van der Waals surface area contributed by atoms with Gasteiger partial charge in [0, 0.05) is 12.1 Å². The first-order valence-electron chi connectivity index (χ1n) is 6.55. The number of nitrogens with one attached hydrogen (secondary N) is 2. The molecular weight excluding hydrogens is 255 g/mol. The molecule has 20 heavy (non-hydrogen) atoms. The van der Waals surface area contributed by atoms with Crippen LogP contribution in [0.25, 0.3) is 0 Å². The van der Waals surface area contributed by atoms with Gasteiger partial charge in [-0.25, -0.2) is 4.39 Å². The second kappa shape index (κ2) is 4.96. The summed E-state index contributed by atoms with van der Waals surface area (Å²) in [6.07, 6.45) is 0.621. The van der Waals surface area contributed by atoms with Gasteiger partial charge in [-0.05, 0) is 30.2 Å². The Morgan fingerprint density at radius 1 is 1.25 bits per heavy atom. The van der Waals surface area contributed by atoms with Gasteiger partial charge in [0.15, 0.2) is 0 Å². The molecule has 3 nitrogen and oxygen atoms in total. The predicted molar refractivity (Wildman–Crippen MR) is 77.3 cm³/mol. The zero-order valence-corrected chi connectivity index (χ0v) is 11.1. The quantitative estimate of drug-likeness (QED) is 0.880. The molecular formula is C16H15FN2O. The number of carbonyl (C=O) groups excluding carboxylic acids is 1. The van der Waals surface area contributed by atoms with E-state index >= 15 is 0 Å². The van der Waals surface area contributed by atoms with Crippen LogP contribution in [-0.4, -0.2) is 11.9 Å². The lowest BCUT2D eigenvalue weighted by Gasteiger charge is -2.14. The smallest absolute Gasteiger partial charge is 0.247 e. The lowest BCUT2D eigenvalue weighted by molar-refractivity contribution is -0.116. The van der Waals surface area contributed by atoms with Crippen LogP contribution in [-0.2, 0) is 11.2 Å². The van der Waals surface area contributed by atoms with Crippen LogP contribution in [0.15, 0.2) is 42.5 Å². The second-order valence-corrected chi connectivity index (χ2v) is 4.98. The maximum atomic E-state index is 13.7. The van der Waals surface area contributed by atoms with Gasteiger partial charge in [-0.1, -0.05) is 30.3 Å². The minimum atomic E-state index is -0.408. The summed E-state index contributed by atoms with van der Waals surface area (Å²) in [5.74, 6) is -0.622. The number of fused-ring (bicyclic) bond motifs is 1. The number of amides is 1. The number of hydrogen-bond acceptors (Lipinski definition) is 2. The van der Waals surface area contributed by atoms with Gasteiger partial charge in [-0.3, -0.25) is 4.79 Å². The first-order chi connectivity index (χ1) is 9.65. The fraction of sp³-hybridized carbons (Fsp3) is 0.188. The fourth-order valence-corrected chi connectivity index (χ4v) is 2.46. The Bertz CT molecular complexity index is 624. The van der Waals surface area contributed by atoms with Crippen LogP contribution in [0.5, 0.6) is 0 Å².